The van der Waals surface area contributed by atoms with Crippen molar-refractivity contribution in [1.29, 1.82) is 0 Å². The van der Waals surface area contributed by atoms with Crippen LogP contribution in [-0.2, 0) is 16.4 Å². The molecule has 2 aromatic rings. The highest BCUT2D eigenvalue weighted by atomic mass is 35.5. The number of hydrogen-bond donors (Lipinski definition) is 1. The lowest BCUT2D eigenvalue weighted by Crippen LogP contribution is -2.35. The van der Waals surface area contributed by atoms with Gasteiger partial charge in [-0.3, -0.25) is 9.10 Å². The van der Waals surface area contributed by atoms with E-state index in [1.54, 1.807) is 23.1 Å². The molecule has 0 saturated carbocycles. The molecule has 6 nitrogen and oxygen atoms in total. The van der Waals surface area contributed by atoms with Gasteiger partial charge in [0.15, 0.2) is 0 Å². The van der Waals surface area contributed by atoms with Crippen LogP contribution in [0, 0.1) is 5.92 Å². The molecule has 0 bridgehead atoms. The van der Waals surface area contributed by atoms with Gasteiger partial charge in [0.05, 0.1) is 10.6 Å². The van der Waals surface area contributed by atoms with E-state index in [-0.39, 0.29) is 23.2 Å². The molecule has 156 valence electrons. The highest BCUT2D eigenvalue weighted by Gasteiger charge is 2.30. The number of benzene rings is 2. The van der Waals surface area contributed by atoms with Crippen LogP contribution in [0.15, 0.2) is 53.4 Å². The van der Waals surface area contributed by atoms with Crippen LogP contribution in [0.4, 0.5) is 5.69 Å². The Morgan fingerprint density at radius 2 is 1.90 bits per heavy atom. The number of aryl methyl sites for hydroxylation is 1. The van der Waals surface area contributed by atoms with Gasteiger partial charge in [-0.2, -0.15) is 0 Å². The molecule has 4 rings (SSSR count). The minimum atomic E-state index is -3.73. The average Bonchev–Trinajstić information content (AvgIpc) is 3.22. The van der Waals surface area contributed by atoms with Crippen molar-refractivity contribution in [3.05, 3.63) is 59.7 Å². The smallest absolute Gasteiger partial charge is 0.264 e. The predicted octanol–water partition coefficient (Wildman–Crippen LogP) is 2.67. The fourth-order valence-corrected chi connectivity index (χ4v) is 5.65. The van der Waals surface area contributed by atoms with E-state index in [2.05, 4.69) is 0 Å². The van der Waals surface area contributed by atoms with Gasteiger partial charge >= 0.3 is 0 Å². The van der Waals surface area contributed by atoms with Crippen molar-refractivity contribution in [3.63, 3.8) is 0 Å². The van der Waals surface area contributed by atoms with Crippen LogP contribution in [0.3, 0.4) is 0 Å². The molecule has 8 heteroatoms. The Kier molecular flexibility index (Phi) is 6.51. The van der Waals surface area contributed by atoms with Crippen molar-refractivity contribution in [1.82, 2.24) is 4.90 Å². The first kappa shape index (κ1) is 21.6. The molecular formula is C21H26ClN3O3S. The van der Waals surface area contributed by atoms with Crippen molar-refractivity contribution in [2.24, 2.45) is 11.7 Å². The van der Waals surface area contributed by atoms with Crippen LogP contribution in [0.1, 0.15) is 28.8 Å². The summed E-state index contributed by atoms with van der Waals surface area (Å²) in [6.07, 6.45) is 2.55. The SMILES string of the molecule is Cl.NCC1CCN(C(=O)c2cccc(S(=O)(=O)N3CCCc4ccccc43)c2)C1. The normalized spacial score (nSPS) is 18.9. The lowest BCUT2D eigenvalue weighted by molar-refractivity contribution is 0.0787. The van der Waals surface area contributed by atoms with E-state index in [9.17, 15) is 13.2 Å². The molecule has 0 aromatic heterocycles. The van der Waals surface area contributed by atoms with Crippen LogP contribution in [0.25, 0.3) is 0 Å². The van der Waals surface area contributed by atoms with Crippen molar-refractivity contribution in [2.45, 2.75) is 24.2 Å². The van der Waals surface area contributed by atoms with Gasteiger partial charge in [0.2, 0.25) is 0 Å². The molecule has 1 amide bonds. The van der Waals surface area contributed by atoms with Gasteiger partial charge in [0, 0.05) is 25.2 Å². The molecule has 2 aromatic carbocycles. The van der Waals surface area contributed by atoms with E-state index in [1.807, 2.05) is 24.3 Å². The molecule has 2 N–H and O–H groups in total. The van der Waals surface area contributed by atoms with Crippen molar-refractivity contribution in [2.75, 3.05) is 30.5 Å². The number of carbonyl (C=O) groups is 1. The van der Waals surface area contributed by atoms with Gasteiger partial charge in [-0.1, -0.05) is 24.3 Å². The first-order chi connectivity index (χ1) is 13.5. The Hall–Kier alpha value is -2.09. The fourth-order valence-electron chi connectivity index (χ4n) is 4.06. The number of amides is 1. The second-order valence-corrected chi connectivity index (χ2v) is 9.34. The highest BCUT2D eigenvalue weighted by Crippen LogP contribution is 2.32. The van der Waals surface area contributed by atoms with Gasteiger partial charge in [0.1, 0.15) is 0 Å². The quantitative estimate of drug-likeness (QED) is 0.800. The first-order valence-corrected chi connectivity index (χ1v) is 11.1. The summed E-state index contributed by atoms with van der Waals surface area (Å²) in [6, 6.07) is 14.0. The maximum absolute atomic E-state index is 13.3. The number of nitrogens with zero attached hydrogens (tertiary/aromatic N) is 2. The molecule has 1 atom stereocenters. The molecular weight excluding hydrogens is 410 g/mol. The number of fused-ring (bicyclic) bond motifs is 1. The van der Waals surface area contributed by atoms with E-state index in [1.165, 1.54) is 10.4 Å². The predicted molar refractivity (Wildman–Crippen MR) is 116 cm³/mol. The maximum atomic E-state index is 13.3. The molecule has 1 unspecified atom stereocenters. The molecule has 0 aliphatic carbocycles. The summed E-state index contributed by atoms with van der Waals surface area (Å²) in [7, 11) is -3.73. The topological polar surface area (TPSA) is 83.7 Å². The molecule has 29 heavy (non-hydrogen) atoms. The van der Waals surface area contributed by atoms with Gasteiger partial charge in [-0.05, 0) is 61.6 Å². The highest BCUT2D eigenvalue weighted by molar-refractivity contribution is 7.92. The maximum Gasteiger partial charge on any atom is 0.264 e. The summed E-state index contributed by atoms with van der Waals surface area (Å²) in [6.45, 7) is 2.30. The summed E-state index contributed by atoms with van der Waals surface area (Å²) in [5.41, 5.74) is 7.89. The summed E-state index contributed by atoms with van der Waals surface area (Å²) >= 11 is 0. The zero-order chi connectivity index (χ0) is 19.7. The van der Waals surface area contributed by atoms with Crippen molar-refractivity contribution < 1.29 is 13.2 Å². The third kappa shape index (κ3) is 4.13. The molecule has 2 aliphatic rings. The van der Waals surface area contributed by atoms with Crippen LogP contribution in [0.5, 0.6) is 0 Å². The van der Waals surface area contributed by atoms with E-state index < -0.39 is 10.0 Å². The molecule has 2 aliphatic heterocycles. The average molecular weight is 436 g/mol. The van der Waals surface area contributed by atoms with Crippen molar-refractivity contribution >= 4 is 34.0 Å². The monoisotopic (exact) mass is 435 g/mol. The van der Waals surface area contributed by atoms with Crippen LogP contribution in [0.2, 0.25) is 0 Å². The standard InChI is InChI=1S/C21H25N3O3S.ClH/c22-14-16-10-12-23(15-16)21(25)18-6-3-8-19(13-18)28(26,27)24-11-4-7-17-5-1-2-9-20(17)24;/h1-3,5-6,8-9,13,16H,4,7,10-12,14-15,22H2;1H. The number of halogens is 1. The summed E-state index contributed by atoms with van der Waals surface area (Å²) in [5.74, 6) is 0.188. The molecule has 0 spiro atoms. The Balaban J connectivity index is 0.00000240. The number of carbonyl (C=O) groups excluding carboxylic acids is 1. The van der Waals surface area contributed by atoms with Crippen LogP contribution >= 0.6 is 12.4 Å². The lowest BCUT2D eigenvalue weighted by atomic mass is 10.0. The molecule has 2 heterocycles. The van der Waals surface area contributed by atoms with E-state index in [4.69, 9.17) is 5.73 Å². The van der Waals surface area contributed by atoms with Crippen LogP contribution in [-0.4, -0.2) is 45.4 Å². The van der Waals surface area contributed by atoms with Gasteiger partial charge in [-0.25, -0.2) is 8.42 Å². The number of anilines is 1. The minimum Gasteiger partial charge on any atom is -0.338 e. The number of sulfonamides is 1. The third-order valence-electron chi connectivity index (χ3n) is 5.64. The largest absolute Gasteiger partial charge is 0.338 e. The summed E-state index contributed by atoms with van der Waals surface area (Å²) in [4.78, 5) is 14.8. The third-order valence-corrected chi connectivity index (χ3v) is 7.45. The second-order valence-electron chi connectivity index (χ2n) is 7.48. The molecule has 0 radical (unpaired) electrons. The van der Waals surface area contributed by atoms with Gasteiger partial charge in [0.25, 0.3) is 15.9 Å². The first-order valence-electron chi connectivity index (χ1n) is 9.71. The number of likely N-dealkylation sites (tertiary alicyclic amines) is 1. The summed E-state index contributed by atoms with van der Waals surface area (Å²) < 4.78 is 28.1. The minimum absolute atomic E-state index is 0. The van der Waals surface area contributed by atoms with Gasteiger partial charge < -0.3 is 10.6 Å². The molecule has 1 fully saturated rings. The number of para-hydroxylation sites is 1. The Labute approximate surface area is 178 Å². The lowest BCUT2D eigenvalue weighted by Gasteiger charge is -2.30. The Morgan fingerprint density at radius 3 is 2.66 bits per heavy atom. The van der Waals surface area contributed by atoms with E-state index in [0.717, 1.165) is 30.5 Å². The molecule has 1 saturated heterocycles. The van der Waals surface area contributed by atoms with E-state index >= 15 is 0 Å². The Bertz CT molecular complexity index is 996. The fraction of sp³-hybridized carbons (Fsp3) is 0.381. The second kappa shape index (κ2) is 8.73. The van der Waals surface area contributed by atoms with Gasteiger partial charge in [-0.15, -0.1) is 12.4 Å². The Morgan fingerprint density at radius 1 is 1.10 bits per heavy atom. The van der Waals surface area contributed by atoms with E-state index in [0.29, 0.717) is 37.7 Å². The zero-order valence-corrected chi connectivity index (χ0v) is 17.8. The number of rotatable bonds is 4. The van der Waals surface area contributed by atoms with Crippen molar-refractivity contribution in [3.8, 4) is 0 Å². The number of nitrogens with two attached hydrogens (primary N) is 1. The van der Waals surface area contributed by atoms with Crippen LogP contribution < -0.4 is 10.0 Å². The number of hydrogen-bond acceptors (Lipinski definition) is 4. The summed E-state index contributed by atoms with van der Waals surface area (Å²) in [5, 5.41) is 0. The zero-order valence-electron chi connectivity index (χ0n) is 16.2.